The minimum Gasteiger partial charge on any atom is -0.487 e. The number of benzene rings is 1. The van der Waals surface area contributed by atoms with Crippen molar-refractivity contribution in [2.24, 2.45) is 0 Å². The molecule has 3 heterocycles. The van der Waals surface area contributed by atoms with Crippen LogP contribution in [0.15, 0.2) is 61.1 Å². The van der Waals surface area contributed by atoms with Crippen LogP contribution in [-0.2, 0) is 13.2 Å². The number of nitrogens with zero attached hydrogens (tertiary/aromatic N) is 2. The number of thiophene rings is 2. The van der Waals surface area contributed by atoms with E-state index in [4.69, 9.17) is 9.47 Å². The Morgan fingerprint density at radius 3 is 2.37 bits per heavy atom. The molecule has 4 rings (SSSR count). The van der Waals surface area contributed by atoms with Gasteiger partial charge in [-0.15, -0.1) is 0 Å². The van der Waals surface area contributed by atoms with E-state index >= 15 is 0 Å². The van der Waals surface area contributed by atoms with E-state index in [1.807, 2.05) is 33.7 Å². The van der Waals surface area contributed by atoms with Crippen molar-refractivity contribution in [2.45, 2.75) is 20.1 Å². The van der Waals surface area contributed by atoms with Crippen LogP contribution in [0.1, 0.15) is 17.0 Å². The largest absolute Gasteiger partial charge is 0.487 e. The molecule has 0 aliphatic rings. The maximum Gasteiger partial charge on any atom is 0.276 e. The molecule has 0 N–H and O–H groups in total. The molecule has 5 nitrogen and oxygen atoms in total. The average Bonchev–Trinajstić information content (AvgIpc) is 3.43. The van der Waals surface area contributed by atoms with Gasteiger partial charge in [-0.25, -0.2) is 4.39 Å². The van der Waals surface area contributed by atoms with Crippen LogP contribution in [0.2, 0.25) is 0 Å². The molecule has 3 aromatic heterocycles. The number of ether oxygens (including phenoxy) is 2. The van der Waals surface area contributed by atoms with Crippen molar-refractivity contribution in [2.75, 3.05) is 0 Å². The highest BCUT2D eigenvalue weighted by Gasteiger charge is 2.21. The van der Waals surface area contributed by atoms with E-state index in [0.717, 1.165) is 11.1 Å². The molecule has 0 saturated carbocycles. The lowest BCUT2D eigenvalue weighted by atomic mass is 10.2. The molecule has 1 aromatic carbocycles. The fourth-order valence-electron chi connectivity index (χ4n) is 2.83. The minimum absolute atomic E-state index is 0.0211. The Hall–Kier alpha value is -2.49. The highest BCUT2D eigenvalue weighted by Crippen LogP contribution is 2.29. The van der Waals surface area contributed by atoms with Crippen molar-refractivity contribution in [3.05, 3.63) is 89.4 Å². The first-order chi connectivity index (χ1) is 14.5. The molecule has 0 aliphatic carbocycles. The SMILES string of the molecule is Cc1nc(OCc2ccsc2)c(Br)c(=O)n1-c1c(F)cccc1OCc1ccsc1. The third-order valence-electron chi connectivity index (χ3n) is 4.27. The van der Waals surface area contributed by atoms with E-state index < -0.39 is 11.4 Å². The molecule has 9 heteroatoms. The Kier molecular flexibility index (Phi) is 6.31. The number of halogens is 2. The van der Waals surface area contributed by atoms with E-state index in [1.54, 1.807) is 41.7 Å². The molecule has 0 aliphatic heterocycles. The molecule has 30 heavy (non-hydrogen) atoms. The van der Waals surface area contributed by atoms with Gasteiger partial charge in [0.2, 0.25) is 5.88 Å². The molecule has 0 fully saturated rings. The van der Waals surface area contributed by atoms with Crippen molar-refractivity contribution in [3.8, 4) is 17.3 Å². The van der Waals surface area contributed by atoms with Crippen molar-refractivity contribution >= 4 is 38.6 Å². The first-order valence-electron chi connectivity index (χ1n) is 8.90. The molecule has 0 spiro atoms. The van der Waals surface area contributed by atoms with E-state index in [1.165, 1.54) is 10.6 Å². The Balaban J connectivity index is 1.70. The van der Waals surface area contributed by atoms with Crippen LogP contribution in [-0.4, -0.2) is 9.55 Å². The van der Waals surface area contributed by atoms with Gasteiger partial charge < -0.3 is 9.47 Å². The molecule has 0 bridgehead atoms. The van der Waals surface area contributed by atoms with E-state index in [2.05, 4.69) is 20.9 Å². The molecule has 4 aromatic rings. The summed E-state index contributed by atoms with van der Waals surface area (Å²) in [4.78, 5) is 17.5. The lowest BCUT2D eigenvalue weighted by Crippen LogP contribution is -2.25. The number of hydrogen-bond donors (Lipinski definition) is 0. The number of hydrogen-bond acceptors (Lipinski definition) is 6. The number of rotatable bonds is 7. The highest BCUT2D eigenvalue weighted by atomic mass is 79.9. The summed E-state index contributed by atoms with van der Waals surface area (Å²) in [6.07, 6.45) is 0. The second kappa shape index (κ2) is 9.11. The third-order valence-corrected chi connectivity index (χ3v) is 6.41. The first kappa shape index (κ1) is 20.8. The summed E-state index contributed by atoms with van der Waals surface area (Å²) in [6.45, 7) is 2.18. The fourth-order valence-corrected chi connectivity index (χ4v) is 4.52. The zero-order valence-electron chi connectivity index (χ0n) is 15.8. The molecule has 0 radical (unpaired) electrons. The van der Waals surface area contributed by atoms with Crippen molar-refractivity contribution in [1.82, 2.24) is 9.55 Å². The van der Waals surface area contributed by atoms with Gasteiger partial charge in [-0.2, -0.15) is 27.7 Å². The third kappa shape index (κ3) is 4.33. The van der Waals surface area contributed by atoms with Gasteiger partial charge in [0.1, 0.15) is 34.9 Å². The van der Waals surface area contributed by atoms with E-state index in [0.29, 0.717) is 0 Å². The minimum atomic E-state index is -0.580. The summed E-state index contributed by atoms with van der Waals surface area (Å²) in [7, 11) is 0. The maximum atomic E-state index is 14.8. The molecule has 0 atom stereocenters. The van der Waals surface area contributed by atoms with Crippen LogP contribution in [0.4, 0.5) is 4.39 Å². The normalized spacial score (nSPS) is 10.9. The maximum absolute atomic E-state index is 14.8. The monoisotopic (exact) mass is 506 g/mol. The summed E-state index contributed by atoms with van der Waals surface area (Å²) in [5, 5.41) is 7.79. The number of aromatic nitrogens is 2. The van der Waals surface area contributed by atoms with Gasteiger partial charge in [-0.1, -0.05) is 6.07 Å². The van der Waals surface area contributed by atoms with Crippen LogP contribution >= 0.6 is 38.6 Å². The molecular weight excluding hydrogens is 491 g/mol. The summed E-state index contributed by atoms with van der Waals surface area (Å²) in [5.41, 5.74) is 1.49. The summed E-state index contributed by atoms with van der Waals surface area (Å²) < 4.78 is 27.7. The molecular formula is C21H16BrFN2O3S2. The number of para-hydroxylation sites is 1. The first-order valence-corrected chi connectivity index (χ1v) is 11.6. The van der Waals surface area contributed by atoms with Gasteiger partial charge in [0, 0.05) is 5.56 Å². The quantitative estimate of drug-likeness (QED) is 0.321. The predicted octanol–water partition coefficient (Wildman–Crippen LogP) is 5.72. The zero-order valence-corrected chi connectivity index (χ0v) is 19.0. The molecule has 154 valence electrons. The topological polar surface area (TPSA) is 53.3 Å². The molecule has 0 unspecified atom stereocenters. The van der Waals surface area contributed by atoms with Gasteiger partial charge in [0.25, 0.3) is 5.56 Å². The smallest absolute Gasteiger partial charge is 0.276 e. The average molecular weight is 507 g/mol. The van der Waals surface area contributed by atoms with Gasteiger partial charge in [-0.05, 0) is 74.2 Å². The highest BCUT2D eigenvalue weighted by molar-refractivity contribution is 9.10. The van der Waals surface area contributed by atoms with Crippen LogP contribution < -0.4 is 15.0 Å². The zero-order chi connectivity index (χ0) is 21.1. The van der Waals surface area contributed by atoms with Gasteiger partial charge in [0.15, 0.2) is 5.82 Å². The summed E-state index contributed by atoms with van der Waals surface area (Å²) in [5.74, 6) is 0.127. The Morgan fingerprint density at radius 1 is 1.07 bits per heavy atom. The van der Waals surface area contributed by atoms with Crippen LogP contribution in [0, 0.1) is 12.7 Å². The Morgan fingerprint density at radius 2 is 1.73 bits per heavy atom. The van der Waals surface area contributed by atoms with Crippen molar-refractivity contribution in [3.63, 3.8) is 0 Å². The van der Waals surface area contributed by atoms with Crippen molar-refractivity contribution in [1.29, 1.82) is 0 Å². The second-order valence-corrected chi connectivity index (χ2v) is 8.70. The standard InChI is InChI=1S/C21H16BrFN2O3S2/c1-13-24-20(28-10-15-6-8-30-12-15)18(22)21(26)25(13)19-16(23)3-2-4-17(19)27-9-14-5-7-29-11-14/h2-8,11-12H,9-10H2,1H3. The summed E-state index contributed by atoms with van der Waals surface area (Å²) >= 11 is 6.38. The predicted molar refractivity (Wildman–Crippen MR) is 120 cm³/mol. The second-order valence-electron chi connectivity index (χ2n) is 6.35. The van der Waals surface area contributed by atoms with Gasteiger partial charge >= 0.3 is 0 Å². The van der Waals surface area contributed by atoms with Crippen LogP contribution in [0.3, 0.4) is 0 Å². The summed E-state index contributed by atoms with van der Waals surface area (Å²) in [6, 6.07) is 8.32. The van der Waals surface area contributed by atoms with Gasteiger partial charge in [-0.3, -0.25) is 9.36 Å². The Labute approximate surface area is 188 Å². The molecule has 0 amide bonds. The fraction of sp³-hybridized carbons (Fsp3) is 0.143. The lowest BCUT2D eigenvalue weighted by Gasteiger charge is -2.17. The molecule has 0 saturated heterocycles. The Bertz CT molecular complexity index is 1210. The van der Waals surface area contributed by atoms with Crippen LogP contribution in [0.25, 0.3) is 5.69 Å². The van der Waals surface area contributed by atoms with Gasteiger partial charge in [0.05, 0.1) is 0 Å². The van der Waals surface area contributed by atoms with Crippen molar-refractivity contribution < 1.29 is 13.9 Å². The lowest BCUT2D eigenvalue weighted by molar-refractivity contribution is 0.288. The number of aryl methyl sites for hydroxylation is 1. The van der Waals surface area contributed by atoms with E-state index in [9.17, 15) is 9.18 Å². The van der Waals surface area contributed by atoms with Crippen LogP contribution in [0.5, 0.6) is 11.6 Å². The van der Waals surface area contributed by atoms with E-state index in [-0.39, 0.29) is 40.8 Å².